The molecule has 0 fully saturated rings. The van der Waals surface area contributed by atoms with Crippen molar-refractivity contribution < 1.29 is 4.74 Å². The fraction of sp³-hybridized carbons (Fsp3) is 0.286. The van der Waals surface area contributed by atoms with Gasteiger partial charge in [0.1, 0.15) is 5.75 Å². The topological polar surface area (TPSA) is 47.0 Å². The van der Waals surface area contributed by atoms with Crippen LogP contribution in [0.1, 0.15) is 19.5 Å². The monoisotopic (exact) mass is 355 g/mol. The van der Waals surface area contributed by atoms with Gasteiger partial charge < -0.3 is 10.1 Å². The van der Waals surface area contributed by atoms with E-state index < -0.39 is 0 Å². The average Bonchev–Trinajstić information content (AvgIpc) is 2.41. The second-order valence-electron chi connectivity index (χ2n) is 4.56. The molecule has 106 valence electrons. The normalized spacial score (nSPS) is 10.8. The zero-order valence-corrected chi connectivity index (χ0v) is 13.6. The van der Waals surface area contributed by atoms with Crippen LogP contribution in [-0.2, 0) is 6.54 Å². The number of nitrogens with zero attached hydrogens (tertiary/aromatic N) is 2. The van der Waals surface area contributed by atoms with Crippen molar-refractivity contribution in [1.82, 2.24) is 15.3 Å². The summed E-state index contributed by atoms with van der Waals surface area (Å²) in [7, 11) is 0. The van der Waals surface area contributed by atoms with Gasteiger partial charge in [-0.25, -0.2) is 4.98 Å². The van der Waals surface area contributed by atoms with Crippen molar-refractivity contribution in [3.63, 3.8) is 0 Å². The van der Waals surface area contributed by atoms with Crippen LogP contribution in [0.15, 0.2) is 35.1 Å². The first kappa shape index (κ1) is 15.2. The first-order chi connectivity index (χ1) is 9.54. The van der Waals surface area contributed by atoms with Gasteiger partial charge in [0, 0.05) is 17.6 Å². The third-order valence-corrected chi connectivity index (χ3v) is 3.34. The fourth-order valence-corrected chi connectivity index (χ4v) is 2.23. The van der Waals surface area contributed by atoms with Gasteiger partial charge in [-0.15, -0.1) is 0 Å². The number of ether oxygens (including phenoxy) is 1. The Kier molecular flexibility index (Phi) is 5.34. The zero-order chi connectivity index (χ0) is 14.5. The molecule has 20 heavy (non-hydrogen) atoms. The largest absolute Gasteiger partial charge is 0.436 e. The van der Waals surface area contributed by atoms with Crippen molar-refractivity contribution in [2.75, 3.05) is 0 Å². The standard InChI is InChI=1S/C14H15BrClN3O/c1-9(2)17-6-11-7-19-14(8-18-11)20-13-4-3-10(16)5-12(13)15/h3-5,7-9,17H,6H2,1-2H3. The van der Waals surface area contributed by atoms with Crippen LogP contribution < -0.4 is 10.1 Å². The summed E-state index contributed by atoms with van der Waals surface area (Å²) >= 11 is 9.27. The Labute approximate surface area is 131 Å². The highest BCUT2D eigenvalue weighted by molar-refractivity contribution is 9.10. The minimum Gasteiger partial charge on any atom is -0.436 e. The molecule has 0 aliphatic heterocycles. The van der Waals surface area contributed by atoms with Crippen molar-refractivity contribution in [2.45, 2.75) is 26.4 Å². The number of benzene rings is 1. The van der Waals surface area contributed by atoms with Crippen molar-refractivity contribution >= 4 is 27.5 Å². The highest BCUT2D eigenvalue weighted by Crippen LogP contribution is 2.30. The van der Waals surface area contributed by atoms with E-state index in [1.165, 1.54) is 0 Å². The molecule has 1 aromatic carbocycles. The van der Waals surface area contributed by atoms with Gasteiger partial charge in [-0.1, -0.05) is 25.4 Å². The highest BCUT2D eigenvalue weighted by atomic mass is 79.9. The minimum atomic E-state index is 0.415. The number of hydrogen-bond donors (Lipinski definition) is 1. The Bertz CT molecular complexity index is 575. The molecule has 0 amide bonds. The van der Waals surface area contributed by atoms with E-state index in [-0.39, 0.29) is 0 Å². The summed E-state index contributed by atoms with van der Waals surface area (Å²) in [4.78, 5) is 8.54. The Balaban J connectivity index is 2.03. The predicted octanol–water partition coefficient (Wildman–Crippen LogP) is 4.18. The molecule has 2 aromatic rings. The first-order valence-corrected chi connectivity index (χ1v) is 7.39. The van der Waals surface area contributed by atoms with E-state index in [1.54, 1.807) is 30.6 Å². The van der Waals surface area contributed by atoms with Crippen molar-refractivity contribution in [3.8, 4) is 11.6 Å². The summed E-state index contributed by atoms with van der Waals surface area (Å²) in [5, 5.41) is 3.92. The molecule has 6 heteroatoms. The molecule has 0 radical (unpaired) electrons. The Hall–Kier alpha value is -1.17. The molecule has 0 aliphatic carbocycles. The number of halogens is 2. The lowest BCUT2D eigenvalue weighted by molar-refractivity contribution is 0.455. The predicted molar refractivity (Wildman–Crippen MR) is 83.2 cm³/mol. The highest BCUT2D eigenvalue weighted by Gasteiger charge is 2.05. The summed E-state index contributed by atoms with van der Waals surface area (Å²) in [5.74, 6) is 1.10. The van der Waals surface area contributed by atoms with E-state index in [2.05, 4.69) is 45.1 Å². The summed E-state index contributed by atoms with van der Waals surface area (Å²) in [6.45, 7) is 4.86. The summed E-state index contributed by atoms with van der Waals surface area (Å²) in [6.07, 6.45) is 3.31. The van der Waals surface area contributed by atoms with Gasteiger partial charge in [0.25, 0.3) is 0 Å². The van der Waals surface area contributed by atoms with Gasteiger partial charge in [0.2, 0.25) is 5.88 Å². The molecular weight excluding hydrogens is 342 g/mol. The number of rotatable bonds is 5. The quantitative estimate of drug-likeness (QED) is 0.873. The van der Waals surface area contributed by atoms with Crippen LogP contribution in [0, 0.1) is 0 Å². The molecular formula is C14H15BrClN3O. The molecule has 4 nitrogen and oxygen atoms in total. The Morgan fingerprint density at radius 2 is 2.10 bits per heavy atom. The maximum atomic E-state index is 5.88. The van der Waals surface area contributed by atoms with Crippen molar-refractivity contribution in [1.29, 1.82) is 0 Å². The van der Waals surface area contributed by atoms with Crippen molar-refractivity contribution in [3.05, 3.63) is 45.8 Å². The summed E-state index contributed by atoms with van der Waals surface area (Å²) in [5.41, 5.74) is 0.876. The smallest absolute Gasteiger partial charge is 0.237 e. The Morgan fingerprint density at radius 3 is 2.70 bits per heavy atom. The van der Waals surface area contributed by atoms with Crippen LogP contribution in [0.4, 0.5) is 0 Å². The molecule has 0 spiro atoms. The van der Waals surface area contributed by atoms with Gasteiger partial charge in [-0.2, -0.15) is 0 Å². The lowest BCUT2D eigenvalue weighted by Gasteiger charge is -2.09. The molecule has 0 atom stereocenters. The molecule has 1 N–H and O–H groups in total. The fourth-order valence-electron chi connectivity index (χ4n) is 1.47. The molecule has 2 rings (SSSR count). The van der Waals surface area contributed by atoms with E-state index in [4.69, 9.17) is 16.3 Å². The second kappa shape index (κ2) is 7.02. The van der Waals surface area contributed by atoms with Crippen LogP contribution in [0.5, 0.6) is 11.6 Å². The van der Waals surface area contributed by atoms with Gasteiger partial charge in [0.05, 0.1) is 22.6 Å². The third kappa shape index (κ3) is 4.44. The lowest BCUT2D eigenvalue weighted by Crippen LogP contribution is -2.22. The van der Waals surface area contributed by atoms with Crippen LogP contribution in [0.25, 0.3) is 0 Å². The van der Waals surface area contributed by atoms with E-state index in [0.29, 0.717) is 29.2 Å². The Morgan fingerprint density at radius 1 is 1.30 bits per heavy atom. The van der Waals surface area contributed by atoms with E-state index >= 15 is 0 Å². The SMILES string of the molecule is CC(C)NCc1cnc(Oc2ccc(Cl)cc2Br)cn1. The molecule has 0 bridgehead atoms. The van der Waals surface area contributed by atoms with Gasteiger partial charge in [0.15, 0.2) is 0 Å². The second-order valence-corrected chi connectivity index (χ2v) is 5.85. The minimum absolute atomic E-state index is 0.415. The van der Waals surface area contributed by atoms with Crippen LogP contribution in [-0.4, -0.2) is 16.0 Å². The number of hydrogen-bond acceptors (Lipinski definition) is 4. The van der Waals surface area contributed by atoms with Gasteiger partial charge in [-0.05, 0) is 34.1 Å². The molecule has 1 aromatic heterocycles. The van der Waals surface area contributed by atoms with E-state index in [9.17, 15) is 0 Å². The van der Waals surface area contributed by atoms with Gasteiger partial charge in [-0.3, -0.25) is 4.98 Å². The maximum Gasteiger partial charge on any atom is 0.237 e. The van der Waals surface area contributed by atoms with Crippen molar-refractivity contribution in [2.24, 2.45) is 0 Å². The zero-order valence-electron chi connectivity index (χ0n) is 11.2. The molecule has 0 saturated carbocycles. The summed E-state index contributed by atoms with van der Waals surface area (Å²) < 4.78 is 6.42. The van der Waals surface area contributed by atoms with Crippen LogP contribution >= 0.6 is 27.5 Å². The number of aromatic nitrogens is 2. The summed E-state index contributed by atoms with van der Waals surface area (Å²) in [6, 6.07) is 5.72. The molecule has 0 aliphatic rings. The maximum absolute atomic E-state index is 5.88. The van der Waals surface area contributed by atoms with E-state index in [0.717, 1.165) is 10.2 Å². The van der Waals surface area contributed by atoms with Crippen LogP contribution in [0.2, 0.25) is 5.02 Å². The third-order valence-electron chi connectivity index (χ3n) is 2.48. The lowest BCUT2D eigenvalue weighted by atomic mass is 10.3. The van der Waals surface area contributed by atoms with Gasteiger partial charge >= 0.3 is 0 Å². The molecule has 1 heterocycles. The average molecular weight is 357 g/mol. The molecule has 0 unspecified atom stereocenters. The molecule has 0 saturated heterocycles. The number of nitrogens with one attached hydrogen (secondary N) is 1. The first-order valence-electron chi connectivity index (χ1n) is 6.22. The van der Waals surface area contributed by atoms with Crippen LogP contribution in [0.3, 0.4) is 0 Å². The van der Waals surface area contributed by atoms with E-state index in [1.807, 2.05) is 0 Å².